The minimum absolute atomic E-state index is 0.0877. The Kier molecular flexibility index (Phi) is 6.32. The van der Waals surface area contributed by atoms with Crippen molar-refractivity contribution in [3.8, 4) is 17.0 Å². The molecule has 0 aliphatic carbocycles. The number of piperidine rings is 2. The van der Waals surface area contributed by atoms with Crippen LogP contribution >= 0.6 is 22.9 Å². The van der Waals surface area contributed by atoms with E-state index in [4.69, 9.17) is 16.3 Å². The lowest BCUT2D eigenvalue weighted by Crippen LogP contribution is -2.39. The van der Waals surface area contributed by atoms with Crippen LogP contribution in [0.1, 0.15) is 42.5 Å². The van der Waals surface area contributed by atoms with Crippen LogP contribution < -0.4 is 10.1 Å². The first-order valence-electron chi connectivity index (χ1n) is 11.2. The number of ether oxygens (including phenoxy) is 1. The molecule has 33 heavy (non-hydrogen) atoms. The Morgan fingerprint density at radius 2 is 2.00 bits per heavy atom. The Morgan fingerprint density at radius 1 is 1.18 bits per heavy atom. The van der Waals surface area contributed by atoms with Gasteiger partial charge in [-0.2, -0.15) is 0 Å². The van der Waals surface area contributed by atoms with E-state index >= 15 is 0 Å². The number of carbonyl (C=O) groups is 2. The molecule has 2 saturated heterocycles. The number of benzene rings is 1. The number of likely N-dealkylation sites (tertiary alicyclic amines) is 1. The number of halogens is 1. The zero-order valence-electron chi connectivity index (χ0n) is 18.4. The fourth-order valence-corrected chi connectivity index (χ4v) is 5.83. The summed E-state index contributed by atoms with van der Waals surface area (Å²) in [7, 11) is 0. The van der Waals surface area contributed by atoms with Crippen molar-refractivity contribution in [2.45, 2.75) is 51.7 Å². The van der Waals surface area contributed by atoms with Crippen LogP contribution in [0.3, 0.4) is 0 Å². The second-order valence-electron chi connectivity index (χ2n) is 8.56. The van der Waals surface area contributed by atoms with Crippen molar-refractivity contribution in [1.29, 1.82) is 0 Å². The Labute approximate surface area is 201 Å². The third-order valence-electron chi connectivity index (χ3n) is 6.09. The minimum Gasteiger partial charge on any atom is -0.488 e. The van der Waals surface area contributed by atoms with Crippen LogP contribution in [0.5, 0.6) is 5.75 Å². The highest BCUT2D eigenvalue weighted by Crippen LogP contribution is 2.41. The molecule has 1 aromatic carbocycles. The standard InChI is InChI=1S/C24H25ClN4O3S/c1-14-8-15(25)9-18(23(14)32-16-4-3-7-26-11-16)22-24-19(27-13-28-22)10-17(33-24)12-29-20(30)5-2-6-21(29)31/h8-10,13,16,26H,2-7,11-12H2,1H3/t16-/m0/s1. The number of imide groups is 1. The number of aryl methyl sites for hydroxylation is 1. The third kappa shape index (κ3) is 4.60. The Hall–Kier alpha value is -2.55. The van der Waals surface area contributed by atoms with Gasteiger partial charge < -0.3 is 10.1 Å². The van der Waals surface area contributed by atoms with Gasteiger partial charge in [0.15, 0.2) is 0 Å². The second-order valence-corrected chi connectivity index (χ2v) is 10.1. The van der Waals surface area contributed by atoms with E-state index in [0.29, 0.717) is 24.3 Å². The molecule has 2 aliphatic rings. The van der Waals surface area contributed by atoms with Gasteiger partial charge in [-0.05, 0) is 56.5 Å². The predicted octanol–water partition coefficient (Wildman–Crippen LogP) is 4.49. The molecule has 0 unspecified atom stereocenters. The first-order chi connectivity index (χ1) is 16.0. The predicted molar refractivity (Wildman–Crippen MR) is 129 cm³/mol. The van der Waals surface area contributed by atoms with E-state index in [9.17, 15) is 9.59 Å². The van der Waals surface area contributed by atoms with E-state index in [2.05, 4.69) is 15.3 Å². The van der Waals surface area contributed by atoms with Gasteiger partial charge in [-0.3, -0.25) is 14.5 Å². The van der Waals surface area contributed by atoms with Crippen LogP contribution in [0.4, 0.5) is 0 Å². The van der Waals surface area contributed by atoms with Crippen LogP contribution in [0.25, 0.3) is 21.5 Å². The molecule has 2 amide bonds. The number of rotatable bonds is 5. The van der Waals surface area contributed by atoms with E-state index in [0.717, 1.165) is 63.6 Å². The summed E-state index contributed by atoms with van der Waals surface area (Å²) in [5.74, 6) is 0.555. The molecule has 7 nitrogen and oxygen atoms in total. The van der Waals surface area contributed by atoms with Crippen molar-refractivity contribution in [3.05, 3.63) is 40.0 Å². The number of amides is 2. The smallest absolute Gasteiger partial charge is 0.229 e. The van der Waals surface area contributed by atoms with Crippen LogP contribution in [0.2, 0.25) is 5.02 Å². The molecule has 0 saturated carbocycles. The van der Waals surface area contributed by atoms with Crippen molar-refractivity contribution in [3.63, 3.8) is 0 Å². The molecule has 1 atom stereocenters. The molecule has 3 aromatic rings. The number of hydrogen-bond acceptors (Lipinski definition) is 7. The highest BCUT2D eigenvalue weighted by molar-refractivity contribution is 7.19. The van der Waals surface area contributed by atoms with Crippen LogP contribution in [-0.2, 0) is 16.1 Å². The molecule has 0 spiro atoms. The number of carbonyl (C=O) groups excluding carboxylic acids is 2. The number of thiophene rings is 1. The zero-order chi connectivity index (χ0) is 22.9. The molecular formula is C24H25ClN4O3S. The molecule has 172 valence electrons. The van der Waals surface area contributed by atoms with Gasteiger partial charge in [0.1, 0.15) is 18.2 Å². The number of nitrogens with zero attached hydrogens (tertiary/aromatic N) is 3. The van der Waals surface area contributed by atoms with Gasteiger partial charge in [0.2, 0.25) is 11.8 Å². The maximum Gasteiger partial charge on any atom is 0.229 e. The number of aromatic nitrogens is 2. The fourth-order valence-electron chi connectivity index (χ4n) is 4.45. The maximum atomic E-state index is 12.3. The maximum absolute atomic E-state index is 12.3. The van der Waals surface area contributed by atoms with Crippen molar-refractivity contribution >= 4 is 45.0 Å². The van der Waals surface area contributed by atoms with E-state index in [-0.39, 0.29) is 24.5 Å². The van der Waals surface area contributed by atoms with Crippen molar-refractivity contribution in [2.24, 2.45) is 0 Å². The molecular weight excluding hydrogens is 460 g/mol. The molecule has 2 fully saturated rings. The van der Waals surface area contributed by atoms with Crippen molar-refractivity contribution in [1.82, 2.24) is 20.2 Å². The Morgan fingerprint density at radius 3 is 2.76 bits per heavy atom. The summed E-state index contributed by atoms with van der Waals surface area (Å²) in [4.78, 5) is 35.8. The van der Waals surface area contributed by atoms with Crippen molar-refractivity contribution in [2.75, 3.05) is 13.1 Å². The molecule has 4 heterocycles. The minimum atomic E-state index is -0.114. The highest BCUT2D eigenvalue weighted by Gasteiger charge is 2.27. The average molecular weight is 485 g/mol. The second kappa shape index (κ2) is 9.37. The van der Waals surface area contributed by atoms with E-state index < -0.39 is 0 Å². The molecule has 0 radical (unpaired) electrons. The first-order valence-corrected chi connectivity index (χ1v) is 12.4. The van der Waals surface area contributed by atoms with E-state index in [1.165, 1.54) is 22.6 Å². The normalized spacial score (nSPS) is 19.3. The molecule has 2 aromatic heterocycles. The van der Waals surface area contributed by atoms with Gasteiger partial charge in [-0.1, -0.05) is 11.6 Å². The number of fused-ring (bicyclic) bond motifs is 1. The van der Waals surface area contributed by atoms with Gasteiger partial charge in [-0.25, -0.2) is 9.97 Å². The molecule has 2 aliphatic heterocycles. The zero-order valence-corrected chi connectivity index (χ0v) is 20.0. The van der Waals surface area contributed by atoms with Gasteiger partial charge >= 0.3 is 0 Å². The first kappa shape index (κ1) is 22.3. The van der Waals surface area contributed by atoms with E-state index in [1.807, 2.05) is 25.1 Å². The molecule has 0 bridgehead atoms. The van der Waals surface area contributed by atoms with E-state index in [1.54, 1.807) is 0 Å². The van der Waals surface area contributed by atoms with Gasteiger partial charge in [0.05, 0.1) is 22.5 Å². The topological polar surface area (TPSA) is 84.4 Å². The molecule has 9 heteroatoms. The fraction of sp³-hybridized carbons (Fsp3) is 0.417. The monoisotopic (exact) mass is 484 g/mol. The van der Waals surface area contributed by atoms with Crippen LogP contribution in [-0.4, -0.2) is 45.9 Å². The summed E-state index contributed by atoms with van der Waals surface area (Å²) in [5.41, 5.74) is 3.31. The quantitative estimate of drug-likeness (QED) is 0.537. The molecule has 1 N–H and O–H groups in total. The Bertz CT molecular complexity index is 1210. The van der Waals surface area contributed by atoms with Gasteiger partial charge in [0.25, 0.3) is 0 Å². The summed E-state index contributed by atoms with van der Waals surface area (Å²) in [5, 5.41) is 4.01. The summed E-state index contributed by atoms with van der Waals surface area (Å²) < 4.78 is 7.34. The summed E-state index contributed by atoms with van der Waals surface area (Å²) >= 11 is 7.94. The lowest BCUT2D eigenvalue weighted by Gasteiger charge is -2.26. The summed E-state index contributed by atoms with van der Waals surface area (Å²) in [6.07, 6.45) is 5.16. The number of hydrogen-bond donors (Lipinski definition) is 1. The average Bonchev–Trinajstić information content (AvgIpc) is 3.22. The lowest BCUT2D eigenvalue weighted by molar-refractivity contribution is -0.148. The van der Waals surface area contributed by atoms with Crippen LogP contribution in [0.15, 0.2) is 24.5 Å². The Balaban J connectivity index is 1.53. The van der Waals surface area contributed by atoms with Crippen molar-refractivity contribution < 1.29 is 14.3 Å². The van der Waals surface area contributed by atoms with Gasteiger partial charge in [-0.15, -0.1) is 11.3 Å². The molecule has 5 rings (SSSR count). The highest BCUT2D eigenvalue weighted by atomic mass is 35.5. The summed E-state index contributed by atoms with van der Waals surface area (Å²) in [6.45, 7) is 4.08. The SMILES string of the molecule is Cc1cc(Cl)cc(-c2ncnc3cc(CN4C(=O)CCCC4=O)sc23)c1O[C@H]1CCCNC1. The summed E-state index contributed by atoms with van der Waals surface area (Å²) in [6, 6.07) is 5.73. The number of nitrogens with one attached hydrogen (secondary N) is 1. The van der Waals surface area contributed by atoms with Gasteiger partial charge in [0, 0.05) is 34.8 Å². The lowest BCUT2D eigenvalue weighted by atomic mass is 10.0. The van der Waals surface area contributed by atoms with Crippen LogP contribution in [0, 0.1) is 6.92 Å². The third-order valence-corrected chi connectivity index (χ3v) is 7.42. The largest absolute Gasteiger partial charge is 0.488 e.